The van der Waals surface area contributed by atoms with E-state index >= 15 is 0 Å². The quantitative estimate of drug-likeness (QED) is 0.704. The summed E-state index contributed by atoms with van der Waals surface area (Å²) in [5.74, 6) is 0.0955. The number of anilines is 1. The monoisotopic (exact) mass is 307 g/mol. The number of aliphatic hydroxyl groups excluding tert-OH is 2. The highest BCUT2D eigenvalue weighted by atomic mass is 19.1. The second kappa shape index (κ2) is 4.88. The van der Waals surface area contributed by atoms with Crippen LogP contribution < -0.4 is 5.73 Å². The molecule has 2 aromatic rings. The summed E-state index contributed by atoms with van der Waals surface area (Å²) in [5, 5.41) is 28.6. The second-order valence-electron chi connectivity index (χ2n) is 5.32. The fourth-order valence-corrected chi connectivity index (χ4v) is 2.73. The Hall–Kier alpha value is -2.28. The Kier molecular flexibility index (Phi) is 3.25. The number of alkyl halides is 1. The van der Waals surface area contributed by atoms with Crippen LogP contribution >= 0.6 is 0 Å². The average molecular weight is 307 g/mol. The van der Waals surface area contributed by atoms with E-state index < -0.39 is 30.7 Å². The largest absolute Gasteiger partial charge is 0.394 e. The van der Waals surface area contributed by atoms with Crippen LogP contribution in [-0.4, -0.2) is 49.2 Å². The molecule has 4 N–H and O–H groups in total. The summed E-state index contributed by atoms with van der Waals surface area (Å²) in [7, 11) is 0. The van der Waals surface area contributed by atoms with Crippen LogP contribution in [0.25, 0.3) is 11.0 Å². The van der Waals surface area contributed by atoms with E-state index in [-0.39, 0.29) is 17.0 Å². The van der Waals surface area contributed by atoms with Gasteiger partial charge in [-0.15, -0.1) is 0 Å². The maximum atomic E-state index is 14.9. The zero-order valence-corrected chi connectivity index (χ0v) is 11.6. The van der Waals surface area contributed by atoms with Crippen molar-refractivity contribution in [2.45, 2.75) is 31.0 Å². The lowest BCUT2D eigenvalue weighted by Crippen LogP contribution is -2.40. The van der Waals surface area contributed by atoms with E-state index in [9.17, 15) is 19.9 Å². The lowest BCUT2D eigenvalue weighted by atomic mass is 9.98. The van der Waals surface area contributed by atoms with Gasteiger partial charge in [0.25, 0.3) is 0 Å². The molecule has 116 valence electrons. The standard InChI is InChI=1S/C13H14FN5O3/c1-13(14)9(21)7(4-20)22-12(13)19-3-6(2-15)8-10(16)17-5-18-11(8)19/h3,5,7,9,12,20-21H,4H2,1H3,(H2,16,17,18)/t7-,9-,12-,13?/m1/s1. The topological polar surface area (TPSA) is 130 Å². The molecular formula is C13H14FN5O3. The lowest BCUT2D eigenvalue weighted by Gasteiger charge is -2.25. The number of nitrogen functional groups attached to an aromatic ring is 1. The average Bonchev–Trinajstić information content (AvgIpc) is 2.97. The zero-order chi connectivity index (χ0) is 16.1. The number of aliphatic hydroxyl groups is 2. The Morgan fingerprint density at radius 1 is 1.59 bits per heavy atom. The van der Waals surface area contributed by atoms with Gasteiger partial charge in [0.15, 0.2) is 11.9 Å². The van der Waals surface area contributed by atoms with Crippen LogP contribution in [0.4, 0.5) is 10.2 Å². The molecule has 0 aliphatic carbocycles. The van der Waals surface area contributed by atoms with E-state index in [4.69, 9.17) is 10.5 Å². The molecule has 0 bridgehead atoms. The van der Waals surface area contributed by atoms with Crippen molar-refractivity contribution in [2.24, 2.45) is 0 Å². The van der Waals surface area contributed by atoms with Gasteiger partial charge in [-0.25, -0.2) is 14.4 Å². The Bertz CT molecular complexity index is 769. The SMILES string of the molecule is CC1(F)[C@H](O)[C@@H](CO)O[C@H]1n1cc(C#N)c2c(N)ncnc21. The Labute approximate surface area is 124 Å². The van der Waals surface area contributed by atoms with E-state index in [1.807, 2.05) is 6.07 Å². The molecule has 4 atom stereocenters. The van der Waals surface area contributed by atoms with Crippen molar-refractivity contribution in [3.05, 3.63) is 18.1 Å². The van der Waals surface area contributed by atoms with Crippen molar-refractivity contribution in [1.82, 2.24) is 14.5 Å². The highest BCUT2D eigenvalue weighted by Crippen LogP contribution is 2.43. The minimum Gasteiger partial charge on any atom is -0.394 e. The third-order valence-corrected chi connectivity index (χ3v) is 3.91. The van der Waals surface area contributed by atoms with Crippen LogP contribution in [0.5, 0.6) is 0 Å². The molecule has 0 amide bonds. The molecule has 1 aliphatic rings. The van der Waals surface area contributed by atoms with Crippen LogP contribution in [0, 0.1) is 11.3 Å². The van der Waals surface area contributed by atoms with Gasteiger partial charge in [0.1, 0.15) is 36.1 Å². The number of nitrogens with zero attached hydrogens (tertiary/aromatic N) is 4. The van der Waals surface area contributed by atoms with Crippen LogP contribution in [0.3, 0.4) is 0 Å². The van der Waals surface area contributed by atoms with E-state index in [1.54, 1.807) is 0 Å². The van der Waals surface area contributed by atoms with E-state index in [0.717, 1.165) is 0 Å². The summed E-state index contributed by atoms with van der Waals surface area (Å²) in [4.78, 5) is 7.84. The molecule has 22 heavy (non-hydrogen) atoms. The lowest BCUT2D eigenvalue weighted by molar-refractivity contribution is -0.0564. The first-order valence-corrected chi connectivity index (χ1v) is 6.56. The first-order chi connectivity index (χ1) is 10.4. The van der Waals surface area contributed by atoms with Gasteiger partial charge in [0.05, 0.1) is 17.6 Å². The van der Waals surface area contributed by atoms with Crippen LogP contribution in [0.2, 0.25) is 0 Å². The minimum absolute atomic E-state index is 0.0955. The van der Waals surface area contributed by atoms with Crippen LogP contribution in [-0.2, 0) is 4.74 Å². The first kappa shape index (κ1) is 14.6. The van der Waals surface area contributed by atoms with Crippen molar-refractivity contribution in [3.63, 3.8) is 0 Å². The zero-order valence-electron chi connectivity index (χ0n) is 11.6. The highest BCUT2D eigenvalue weighted by Gasteiger charge is 2.55. The molecular weight excluding hydrogens is 293 g/mol. The summed E-state index contributed by atoms with van der Waals surface area (Å²) < 4.78 is 21.6. The fraction of sp³-hybridized carbons (Fsp3) is 0.462. The van der Waals surface area contributed by atoms with E-state index in [0.29, 0.717) is 5.39 Å². The molecule has 0 spiro atoms. The number of hydrogen-bond donors (Lipinski definition) is 3. The van der Waals surface area contributed by atoms with Crippen LogP contribution in [0.15, 0.2) is 12.5 Å². The summed E-state index contributed by atoms with van der Waals surface area (Å²) >= 11 is 0. The summed E-state index contributed by atoms with van der Waals surface area (Å²) in [6, 6.07) is 1.95. The number of hydrogen-bond acceptors (Lipinski definition) is 7. The molecule has 1 fully saturated rings. The molecule has 0 saturated carbocycles. The molecule has 3 heterocycles. The Morgan fingerprint density at radius 3 is 2.91 bits per heavy atom. The number of nitrogens with two attached hydrogens (primary N) is 1. The molecule has 1 saturated heterocycles. The molecule has 2 aromatic heterocycles. The molecule has 1 unspecified atom stereocenters. The van der Waals surface area contributed by atoms with Crippen LogP contribution in [0.1, 0.15) is 18.7 Å². The second-order valence-corrected chi connectivity index (χ2v) is 5.32. The van der Waals surface area contributed by atoms with Gasteiger partial charge in [0, 0.05) is 6.20 Å². The van der Waals surface area contributed by atoms with Gasteiger partial charge in [-0.05, 0) is 6.92 Å². The molecule has 1 aliphatic heterocycles. The predicted molar refractivity (Wildman–Crippen MR) is 73.2 cm³/mol. The summed E-state index contributed by atoms with van der Waals surface area (Å²) in [6.07, 6.45) is -1.28. The molecule has 0 aromatic carbocycles. The number of rotatable bonds is 2. The number of aromatic nitrogens is 3. The fourth-order valence-electron chi connectivity index (χ4n) is 2.73. The van der Waals surface area contributed by atoms with Gasteiger partial charge in [-0.2, -0.15) is 5.26 Å². The van der Waals surface area contributed by atoms with Crippen molar-refractivity contribution in [1.29, 1.82) is 5.26 Å². The highest BCUT2D eigenvalue weighted by molar-refractivity contribution is 5.92. The van der Waals surface area contributed by atoms with Crippen molar-refractivity contribution < 1.29 is 19.3 Å². The number of nitriles is 1. The predicted octanol–water partition coefficient (Wildman–Crippen LogP) is -0.136. The van der Waals surface area contributed by atoms with Gasteiger partial charge in [0.2, 0.25) is 0 Å². The van der Waals surface area contributed by atoms with E-state index in [1.165, 1.54) is 24.0 Å². The van der Waals surface area contributed by atoms with Crippen molar-refractivity contribution >= 4 is 16.9 Å². The third kappa shape index (κ3) is 1.85. The number of fused-ring (bicyclic) bond motifs is 1. The first-order valence-electron chi connectivity index (χ1n) is 6.56. The Morgan fingerprint density at radius 2 is 2.32 bits per heavy atom. The van der Waals surface area contributed by atoms with Gasteiger partial charge in [-0.3, -0.25) is 0 Å². The van der Waals surface area contributed by atoms with Crippen molar-refractivity contribution in [2.75, 3.05) is 12.3 Å². The summed E-state index contributed by atoms with van der Waals surface area (Å²) in [6.45, 7) is 0.638. The van der Waals surface area contributed by atoms with E-state index in [2.05, 4.69) is 9.97 Å². The number of ether oxygens (including phenoxy) is 1. The minimum atomic E-state index is -2.17. The maximum absolute atomic E-state index is 14.9. The Balaban J connectivity index is 2.20. The van der Waals surface area contributed by atoms with Crippen molar-refractivity contribution in [3.8, 4) is 6.07 Å². The third-order valence-electron chi connectivity index (χ3n) is 3.91. The maximum Gasteiger partial charge on any atom is 0.181 e. The molecule has 8 nitrogen and oxygen atoms in total. The van der Waals surface area contributed by atoms with Gasteiger partial charge < -0.3 is 25.3 Å². The molecule has 0 radical (unpaired) electrons. The molecule has 9 heteroatoms. The van der Waals surface area contributed by atoms with Gasteiger partial charge >= 0.3 is 0 Å². The smallest absolute Gasteiger partial charge is 0.181 e. The summed E-state index contributed by atoms with van der Waals surface area (Å²) in [5.41, 5.74) is 3.98. The van der Waals surface area contributed by atoms with Gasteiger partial charge in [-0.1, -0.05) is 0 Å². The number of halogens is 1. The molecule has 3 rings (SSSR count). The normalized spacial score (nSPS) is 31.5.